The summed E-state index contributed by atoms with van der Waals surface area (Å²) in [6.45, 7) is 2.22. The Kier molecular flexibility index (Phi) is 2.79. The lowest BCUT2D eigenvalue weighted by Crippen LogP contribution is -2.44. The lowest BCUT2D eigenvalue weighted by molar-refractivity contribution is 0.270. The summed E-state index contributed by atoms with van der Waals surface area (Å²) in [4.78, 5) is 0. The number of hydrogen-bond donors (Lipinski definition) is 2. The van der Waals surface area contributed by atoms with Gasteiger partial charge in [-0.25, -0.2) is 0 Å². The maximum Gasteiger partial charge on any atom is 0.0579 e. The summed E-state index contributed by atoms with van der Waals surface area (Å²) in [7, 11) is 0. The van der Waals surface area contributed by atoms with E-state index in [1.54, 1.807) is 6.07 Å². The molecule has 0 aromatic heterocycles. The molecule has 1 saturated carbocycles. The fraction of sp³-hybridized carbons (Fsp3) is 0.500. The van der Waals surface area contributed by atoms with Gasteiger partial charge in [0.25, 0.3) is 0 Å². The minimum Gasteiger partial charge on any atom is -0.397 e. The number of hydrogen-bond acceptors (Lipinski definition) is 2. The molecule has 1 aliphatic carbocycles. The highest BCUT2D eigenvalue weighted by atomic mass is 35.5. The minimum atomic E-state index is 0.280. The van der Waals surface area contributed by atoms with Crippen LogP contribution >= 0.6 is 11.6 Å². The van der Waals surface area contributed by atoms with Crippen molar-refractivity contribution < 1.29 is 0 Å². The van der Waals surface area contributed by atoms with Crippen LogP contribution in [-0.2, 0) is 0 Å². The number of anilines is 2. The molecule has 0 saturated heterocycles. The monoisotopic (exact) mass is 224 g/mol. The van der Waals surface area contributed by atoms with Gasteiger partial charge in [0.2, 0.25) is 0 Å². The maximum atomic E-state index is 5.92. The quantitative estimate of drug-likeness (QED) is 0.769. The van der Waals surface area contributed by atoms with Gasteiger partial charge in [-0.15, -0.1) is 0 Å². The van der Waals surface area contributed by atoms with Crippen molar-refractivity contribution in [2.45, 2.75) is 38.1 Å². The summed E-state index contributed by atoms with van der Waals surface area (Å²) in [5.41, 5.74) is 7.95. The van der Waals surface area contributed by atoms with E-state index in [1.165, 1.54) is 19.3 Å². The van der Waals surface area contributed by atoms with E-state index in [2.05, 4.69) is 12.2 Å². The van der Waals surface area contributed by atoms with Gasteiger partial charge in [-0.3, -0.25) is 0 Å². The second-order valence-corrected chi connectivity index (χ2v) is 4.78. The molecule has 0 heterocycles. The van der Waals surface area contributed by atoms with Crippen molar-refractivity contribution in [2.75, 3.05) is 11.1 Å². The SMILES string of the molecule is CCC1(Nc2ccc(Cl)cc2N)CCC1. The molecule has 1 fully saturated rings. The minimum absolute atomic E-state index is 0.280. The molecule has 1 aliphatic rings. The summed E-state index contributed by atoms with van der Waals surface area (Å²) in [5, 5.41) is 4.25. The molecule has 15 heavy (non-hydrogen) atoms. The van der Waals surface area contributed by atoms with Gasteiger partial charge in [0.05, 0.1) is 11.4 Å². The first kappa shape index (κ1) is 10.6. The number of nitrogens with one attached hydrogen (secondary N) is 1. The van der Waals surface area contributed by atoms with Crippen LogP contribution < -0.4 is 11.1 Å². The zero-order chi connectivity index (χ0) is 10.9. The Balaban J connectivity index is 2.16. The highest BCUT2D eigenvalue weighted by Crippen LogP contribution is 2.39. The van der Waals surface area contributed by atoms with Crippen molar-refractivity contribution in [1.29, 1.82) is 0 Å². The standard InChI is InChI=1S/C12H17ClN2/c1-2-12(6-3-7-12)15-11-5-4-9(13)8-10(11)14/h4-5,8,15H,2-3,6-7,14H2,1H3. The predicted octanol–water partition coefficient (Wildman–Crippen LogP) is 3.67. The second-order valence-electron chi connectivity index (χ2n) is 4.34. The van der Waals surface area contributed by atoms with Crippen molar-refractivity contribution in [2.24, 2.45) is 0 Å². The van der Waals surface area contributed by atoms with Gasteiger partial charge in [-0.05, 0) is 43.9 Å². The van der Waals surface area contributed by atoms with E-state index in [0.717, 1.165) is 17.8 Å². The number of nitrogens with two attached hydrogens (primary N) is 1. The molecule has 1 aromatic rings. The Morgan fingerprint density at radius 3 is 2.67 bits per heavy atom. The van der Waals surface area contributed by atoms with Gasteiger partial charge in [-0.2, -0.15) is 0 Å². The third kappa shape index (κ3) is 2.05. The van der Waals surface area contributed by atoms with Gasteiger partial charge >= 0.3 is 0 Å². The summed E-state index contributed by atoms with van der Waals surface area (Å²) in [6, 6.07) is 5.64. The van der Waals surface area contributed by atoms with Crippen LogP contribution in [0.1, 0.15) is 32.6 Å². The summed E-state index contributed by atoms with van der Waals surface area (Å²) < 4.78 is 0. The molecule has 82 valence electrons. The van der Waals surface area contributed by atoms with E-state index in [-0.39, 0.29) is 5.54 Å². The molecule has 2 nitrogen and oxygen atoms in total. The molecular formula is C12H17ClN2. The van der Waals surface area contributed by atoms with E-state index in [4.69, 9.17) is 17.3 Å². The van der Waals surface area contributed by atoms with Crippen molar-refractivity contribution in [1.82, 2.24) is 0 Å². The van der Waals surface area contributed by atoms with Crippen molar-refractivity contribution in [3.8, 4) is 0 Å². The summed E-state index contributed by atoms with van der Waals surface area (Å²) >= 11 is 5.86. The Morgan fingerprint density at radius 2 is 2.20 bits per heavy atom. The Hall–Kier alpha value is -0.890. The predicted molar refractivity (Wildman–Crippen MR) is 66.4 cm³/mol. The van der Waals surface area contributed by atoms with Crippen molar-refractivity contribution in [3.63, 3.8) is 0 Å². The maximum absolute atomic E-state index is 5.92. The van der Waals surface area contributed by atoms with E-state index < -0.39 is 0 Å². The number of nitrogen functional groups attached to an aromatic ring is 1. The Morgan fingerprint density at radius 1 is 1.47 bits per heavy atom. The average molecular weight is 225 g/mol. The van der Waals surface area contributed by atoms with E-state index in [0.29, 0.717) is 5.02 Å². The topological polar surface area (TPSA) is 38.0 Å². The molecule has 0 bridgehead atoms. The molecular weight excluding hydrogens is 208 g/mol. The molecule has 1 aromatic carbocycles. The summed E-state index contributed by atoms with van der Waals surface area (Å²) in [6.07, 6.45) is 4.94. The smallest absolute Gasteiger partial charge is 0.0579 e. The van der Waals surface area contributed by atoms with Crippen LogP contribution in [0.2, 0.25) is 5.02 Å². The summed E-state index contributed by atoms with van der Waals surface area (Å²) in [5.74, 6) is 0. The number of halogens is 1. The first-order valence-corrected chi connectivity index (χ1v) is 5.86. The van der Waals surface area contributed by atoms with E-state index >= 15 is 0 Å². The third-order valence-electron chi connectivity index (χ3n) is 3.40. The van der Waals surface area contributed by atoms with E-state index in [1.807, 2.05) is 12.1 Å². The first-order valence-electron chi connectivity index (χ1n) is 5.48. The van der Waals surface area contributed by atoms with Crippen molar-refractivity contribution in [3.05, 3.63) is 23.2 Å². The number of rotatable bonds is 3. The van der Waals surface area contributed by atoms with Gasteiger partial charge in [0.1, 0.15) is 0 Å². The van der Waals surface area contributed by atoms with Crippen LogP contribution in [0.25, 0.3) is 0 Å². The van der Waals surface area contributed by atoms with Crippen LogP contribution in [0.3, 0.4) is 0 Å². The van der Waals surface area contributed by atoms with E-state index in [9.17, 15) is 0 Å². The fourth-order valence-electron chi connectivity index (χ4n) is 2.10. The Bertz CT molecular complexity index is 353. The fourth-order valence-corrected chi connectivity index (χ4v) is 2.28. The highest BCUT2D eigenvalue weighted by Gasteiger charge is 2.35. The zero-order valence-electron chi connectivity index (χ0n) is 9.02. The van der Waals surface area contributed by atoms with Crippen molar-refractivity contribution >= 4 is 23.0 Å². The molecule has 3 N–H and O–H groups in total. The molecule has 0 amide bonds. The highest BCUT2D eigenvalue weighted by molar-refractivity contribution is 6.31. The van der Waals surface area contributed by atoms with Crippen LogP contribution in [0, 0.1) is 0 Å². The Labute approximate surface area is 95.8 Å². The molecule has 0 spiro atoms. The number of benzene rings is 1. The second kappa shape index (κ2) is 3.93. The lowest BCUT2D eigenvalue weighted by atomic mass is 9.74. The normalized spacial score (nSPS) is 18.3. The molecule has 0 atom stereocenters. The van der Waals surface area contributed by atoms with Crippen LogP contribution in [0.4, 0.5) is 11.4 Å². The van der Waals surface area contributed by atoms with Gasteiger partial charge in [0.15, 0.2) is 0 Å². The molecule has 0 aliphatic heterocycles. The van der Waals surface area contributed by atoms with Crippen LogP contribution in [-0.4, -0.2) is 5.54 Å². The van der Waals surface area contributed by atoms with Crippen LogP contribution in [0.15, 0.2) is 18.2 Å². The first-order chi connectivity index (χ1) is 7.15. The van der Waals surface area contributed by atoms with Gasteiger partial charge < -0.3 is 11.1 Å². The van der Waals surface area contributed by atoms with Gasteiger partial charge in [-0.1, -0.05) is 18.5 Å². The molecule has 3 heteroatoms. The lowest BCUT2D eigenvalue weighted by Gasteiger charge is -2.43. The zero-order valence-corrected chi connectivity index (χ0v) is 9.77. The third-order valence-corrected chi connectivity index (χ3v) is 3.64. The van der Waals surface area contributed by atoms with Crippen LogP contribution in [0.5, 0.6) is 0 Å². The molecule has 0 radical (unpaired) electrons. The van der Waals surface area contributed by atoms with Gasteiger partial charge in [0, 0.05) is 10.6 Å². The largest absolute Gasteiger partial charge is 0.397 e. The molecule has 2 rings (SSSR count). The molecule has 0 unspecified atom stereocenters. The average Bonchev–Trinajstić information content (AvgIpc) is 2.14.